The van der Waals surface area contributed by atoms with Crippen molar-refractivity contribution in [2.75, 3.05) is 10.0 Å². The lowest BCUT2D eigenvalue weighted by molar-refractivity contribution is 0.102. The van der Waals surface area contributed by atoms with Gasteiger partial charge >= 0.3 is 0 Å². The SMILES string of the molecule is O=C(Nc1ccccc1)c1cccc(S(=O)(=O)Nc2cccnc2)c1. The van der Waals surface area contributed by atoms with E-state index in [1.54, 1.807) is 48.7 Å². The number of carbonyl (C=O) groups excluding carboxylic acids is 1. The summed E-state index contributed by atoms with van der Waals surface area (Å²) in [5.74, 6) is -0.385. The van der Waals surface area contributed by atoms with Crippen molar-refractivity contribution in [2.45, 2.75) is 4.90 Å². The van der Waals surface area contributed by atoms with Gasteiger partial charge in [-0.25, -0.2) is 8.42 Å². The number of sulfonamides is 1. The van der Waals surface area contributed by atoms with Crippen LogP contribution in [0.1, 0.15) is 10.4 Å². The van der Waals surface area contributed by atoms with Crippen molar-refractivity contribution >= 4 is 27.3 Å². The molecule has 0 atom stereocenters. The number of anilines is 2. The fraction of sp³-hybridized carbons (Fsp3) is 0. The molecule has 7 heteroatoms. The number of para-hydroxylation sites is 1. The van der Waals surface area contributed by atoms with E-state index in [1.807, 2.05) is 6.07 Å². The second kappa shape index (κ2) is 7.14. The summed E-state index contributed by atoms with van der Waals surface area (Å²) in [5, 5.41) is 2.72. The Balaban J connectivity index is 1.82. The number of nitrogens with one attached hydrogen (secondary N) is 2. The first-order valence-electron chi connectivity index (χ1n) is 7.44. The molecule has 1 heterocycles. The quantitative estimate of drug-likeness (QED) is 0.737. The van der Waals surface area contributed by atoms with Gasteiger partial charge in [0.05, 0.1) is 16.8 Å². The Morgan fingerprint density at radius 1 is 0.880 bits per heavy atom. The van der Waals surface area contributed by atoms with E-state index in [-0.39, 0.29) is 16.4 Å². The fourth-order valence-corrected chi connectivity index (χ4v) is 3.26. The lowest BCUT2D eigenvalue weighted by atomic mass is 10.2. The first-order valence-corrected chi connectivity index (χ1v) is 8.92. The first kappa shape index (κ1) is 16.7. The minimum Gasteiger partial charge on any atom is -0.322 e. The summed E-state index contributed by atoms with van der Waals surface area (Å²) in [6.07, 6.45) is 2.95. The molecule has 0 aliphatic carbocycles. The Kier molecular flexibility index (Phi) is 4.76. The lowest BCUT2D eigenvalue weighted by Crippen LogP contribution is -2.16. The Labute approximate surface area is 145 Å². The van der Waals surface area contributed by atoms with Crippen LogP contribution >= 0.6 is 0 Å². The number of benzene rings is 2. The van der Waals surface area contributed by atoms with Crippen molar-refractivity contribution in [1.82, 2.24) is 4.98 Å². The van der Waals surface area contributed by atoms with E-state index in [2.05, 4.69) is 15.0 Å². The summed E-state index contributed by atoms with van der Waals surface area (Å²) < 4.78 is 27.4. The van der Waals surface area contributed by atoms with Crippen molar-refractivity contribution in [1.29, 1.82) is 0 Å². The zero-order valence-corrected chi connectivity index (χ0v) is 13.9. The summed E-state index contributed by atoms with van der Waals surface area (Å²) in [7, 11) is -3.81. The molecule has 0 saturated carbocycles. The molecule has 2 aromatic carbocycles. The normalized spacial score (nSPS) is 10.9. The molecule has 0 spiro atoms. The van der Waals surface area contributed by atoms with E-state index in [4.69, 9.17) is 0 Å². The minimum absolute atomic E-state index is 0.00272. The van der Waals surface area contributed by atoms with Crippen molar-refractivity contribution in [3.05, 3.63) is 84.7 Å². The maximum Gasteiger partial charge on any atom is 0.261 e. The number of rotatable bonds is 5. The average molecular weight is 353 g/mol. The van der Waals surface area contributed by atoms with Crippen LogP contribution < -0.4 is 10.0 Å². The molecule has 2 N–H and O–H groups in total. The van der Waals surface area contributed by atoms with Gasteiger partial charge in [0, 0.05) is 17.4 Å². The molecule has 0 fully saturated rings. The molecule has 3 aromatic rings. The largest absolute Gasteiger partial charge is 0.322 e. The molecular weight excluding hydrogens is 338 g/mol. The molecule has 25 heavy (non-hydrogen) atoms. The van der Waals surface area contributed by atoms with Crippen molar-refractivity contribution in [3.63, 3.8) is 0 Å². The predicted molar refractivity (Wildman–Crippen MR) is 95.9 cm³/mol. The van der Waals surface area contributed by atoms with Crippen molar-refractivity contribution in [3.8, 4) is 0 Å². The van der Waals surface area contributed by atoms with Gasteiger partial charge in [-0.3, -0.25) is 14.5 Å². The number of amides is 1. The van der Waals surface area contributed by atoms with Crippen LogP contribution in [0.2, 0.25) is 0 Å². The maximum atomic E-state index is 12.5. The van der Waals surface area contributed by atoms with Gasteiger partial charge in [0.2, 0.25) is 0 Å². The Hall–Kier alpha value is -3.19. The van der Waals surface area contributed by atoms with Gasteiger partial charge in [-0.05, 0) is 42.5 Å². The van der Waals surface area contributed by atoms with Gasteiger partial charge in [-0.1, -0.05) is 24.3 Å². The molecule has 126 valence electrons. The summed E-state index contributed by atoms with van der Waals surface area (Å²) >= 11 is 0. The van der Waals surface area contributed by atoms with Crippen LogP contribution in [0.5, 0.6) is 0 Å². The lowest BCUT2D eigenvalue weighted by Gasteiger charge is -2.09. The molecule has 0 saturated heterocycles. The second-order valence-corrected chi connectivity index (χ2v) is 6.88. The Morgan fingerprint density at radius 2 is 1.64 bits per heavy atom. The molecule has 0 bridgehead atoms. The van der Waals surface area contributed by atoms with Crippen molar-refractivity contribution in [2.24, 2.45) is 0 Å². The number of pyridine rings is 1. The summed E-state index contributed by atoms with van der Waals surface area (Å²) in [6.45, 7) is 0. The zero-order chi connectivity index (χ0) is 17.7. The second-order valence-electron chi connectivity index (χ2n) is 5.20. The number of hydrogen-bond donors (Lipinski definition) is 2. The highest BCUT2D eigenvalue weighted by molar-refractivity contribution is 7.92. The molecule has 3 rings (SSSR count). The summed E-state index contributed by atoms with van der Waals surface area (Å²) in [4.78, 5) is 16.2. The van der Waals surface area contributed by atoms with Gasteiger partial charge < -0.3 is 5.32 Å². The third-order valence-corrected chi connectivity index (χ3v) is 4.73. The smallest absolute Gasteiger partial charge is 0.261 e. The van der Waals surface area contributed by atoms with E-state index in [9.17, 15) is 13.2 Å². The topological polar surface area (TPSA) is 88.2 Å². The van der Waals surface area contributed by atoms with Crippen LogP contribution in [0.3, 0.4) is 0 Å². The molecule has 1 amide bonds. The predicted octanol–water partition coefficient (Wildman–Crippen LogP) is 3.13. The van der Waals surface area contributed by atoms with E-state index < -0.39 is 10.0 Å². The van der Waals surface area contributed by atoms with Crippen molar-refractivity contribution < 1.29 is 13.2 Å². The highest BCUT2D eigenvalue weighted by Crippen LogP contribution is 2.17. The van der Waals surface area contributed by atoms with Crippen LogP contribution in [-0.2, 0) is 10.0 Å². The number of hydrogen-bond acceptors (Lipinski definition) is 4. The highest BCUT2D eigenvalue weighted by atomic mass is 32.2. The standard InChI is InChI=1S/C18H15N3O3S/c22-18(20-15-7-2-1-3-8-15)14-6-4-10-17(12-14)25(23,24)21-16-9-5-11-19-13-16/h1-13,21H,(H,20,22). The summed E-state index contributed by atoms with van der Waals surface area (Å²) in [6, 6.07) is 18.0. The number of carbonyl (C=O) groups is 1. The van der Waals surface area contributed by atoms with E-state index in [0.29, 0.717) is 11.4 Å². The molecule has 1 aromatic heterocycles. The average Bonchev–Trinajstić information content (AvgIpc) is 2.63. The van der Waals surface area contributed by atoms with E-state index in [1.165, 1.54) is 24.4 Å². The first-order chi connectivity index (χ1) is 12.0. The van der Waals surface area contributed by atoms with Crippen LogP contribution in [0.4, 0.5) is 11.4 Å². The monoisotopic (exact) mass is 353 g/mol. The molecular formula is C18H15N3O3S. The fourth-order valence-electron chi connectivity index (χ4n) is 2.17. The van der Waals surface area contributed by atoms with Crippen LogP contribution in [0, 0.1) is 0 Å². The molecule has 0 aliphatic rings. The number of nitrogens with zero attached hydrogens (tertiary/aromatic N) is 1. The minimum atomic E-state index is -3.81. The third-order valence-electron chi connectivity index (χ3n) is 3.35. The molecule has 0 aliphatic heterocycles. The summed E-state index contributed by atoms with van der Waals surface area (Å²) in [5.41, 5.74) is 1.23. The van der Waals surface area contributed by atoms with Crippen LogP contribution in [-0.4, -0.2) is 19.3 Å². The van der Waals surface area contributed by atoms with Gasteiger partial charge in [-0.2, -0.15) is 0 Å². The molecule has 0 radical (unpaired) electrons. The van der Waals surface area contributed by atoms with Crippen LogP contribution in [0.25, 0.3) is 0 Å². The van der Waals surface area contributed by atoms with Gasteiger partial charge in [-0.15, -0.1) is 0 Å². The number of aromatic nitrogens is 1. The zero-order valence-electron chi connectivity index (χ0n) is 13.1. The van der Waals surface area contributed by atoms with E-state index >= 15 is 0 Å². The van der Waals surface area contributed by atoms with E-state index in [0.717, 1.165) is 0 Å². The highest BCUT2D eigenvalue weighted by Gasteiger charge is 2.16. The molecule has 0 unspecified atom stereocenters. The van der Waals surface area contributed by atoms with Gasteiger partial charge in [0.1, 0.15) is 0 Å². The molecule has 6 nitrogen and oxygen atoms in total. The van der Waals surface area contributed by atoms with Gasteiger partial charge in [0.25, 0.3) is 15.9 Å². The third kappa shape index (κ3) is 4.21. The van der Waals surface area contributed by atoms with Gasteiger partial charge in [0.15, 0.2) is 0 Å². The Bertz CT molecular complexity index is 975. The Morgan fingerprint density at radius 3 is 2.36 bits per heavy atom. The maximum absolute atomic E-state index is 12.5. The van der Waals surface area contributed by atoms with Crippen LogP contribution in [0.15, 0.2) is 84.0 Å².